The summed E-state index contributed by atoms with van der Waals surface area (Å²) in [6, 6.07) is 10.1. The van der Waals surface area contributed by atoms with E-state index in [4.69, 9.17) is 4.42 Å². The molecule has 3 rings (SSSR count). The Kier molecular flexibility index (Phi) is 4.24. The predicted octanol–water partition coefficient (Wildman–Crippen LogP) is 2.05. The van der Waals surface area contributed by atoms with Gasteiger partial charge >= 0.3 is 0 Å². The fraction of sp³-hybridized carbons (Fsp3) is 0.412. The first-order chi connectivity index (χ1) is 10.6. The number of carbonyl (C=O) groups is 1. The second-order valence-corrected chi connectivity index (χ2v) is 5.81. The van der Waals surface area contributed by atoms with E-state index in [1.54, 1.807) is 11.8 Å². The molecule has 0 radical (unpaired) electrons. The SMILES string of the molecule is Cc1ocnc1C(=O)N1CC[C@H](Cc2ccccc2)[C@@H](O)C1. The van der Waals surface area contributed by atoms with Gasteiger partial charge in [-0.05, 0) is 31.2 Å². The lowest BCUT2D eigenvalue weighted by atomic mass is 9.88. The third-order valence-corrected chi connectivity index (χ3v) is 4.30. The number of oxazole rings is 1. The highest BCUT2D eigenvalue weighted by molar-refractivity contribution is 5.93. The number of carbonyl (C=O) groups excluding carboxylic acids is 1. The van der Waals surface area contributed by atoms with E-state index in [0.29, 0.717) is 24.5 Å². The Bertz CT molecular complexity index is 638. The Balaban J connectivity index is 1.63. The topological polar surface area (TPSA) is 66.6 Å². The minimum atomic E-state index is -0.509. The number of likely N-dealkylation sites (tertiary alicyclic amines) is 1. The van der Waals surface area contributed by atoms with Crippen LogP contribution in [0, 0.1) is 12.8 Å². The molecule has 0 saturated carbocycles. The summed E-state index contributed by atoms with van der Waals surface area (Å²) in [6.07, 6.45) is 2.40. The standard InChI is InChI=1S/C17H20N2O3/c1-12-16(18-11-22-12)17(21)19-8-7-14(15(20)10-19)9-13-5-3-2-4-6-13/h2-6,11,14-15,20H,7-10H2,1H3/t14-,15+/m1/s1. The summed E-state index contributed by atoms with van der Waals surface area (Å²) in [6.45, 7) is 2.71. The molecule has 1 aromatic heterocycles. The summed E-state index contributed by atoms with van der Waals surface area (Å²) in [5.74, 6) is 0.541. The summed E-state index contributed by atoms with van der Waals surface area (Å²) in [7, 11) is 0. The fourth-order valence-corrected chi connectivity index (χ4v) is 2.98. The number of hydrogen-bond donors (Lipinski definition) is 1. The Hall–Kier alpha value is -2.14. The Morgan fingerprint density at radius 1 is 1.41 bits per heavy atom. The normalized spacial score (nSPS) is 21.8. The van der Waals surface area contributed by atoms with E-state index in [1.165, 1.54) is 12.0 Å². The quantitative estimate of drug-likeness (QED) is 0.942. The highest BCUT2D eigenvalue weighted by Gasteiger charge is 2.32. The Morgan fingerprint density at radius 3 is 2.82 bits per heavy atom. The second kappa shape index (κ2) is 6.32. The molecule has 1 amide bonds. The van der Waals surface area contributed by atoms with E-state index in [-0.39, 0.29) is 11.8 Å². The van der Waals surface area contributed by atoms with E-state index in [9.17, 15) is 9.90 Å². The van der Waals surface area contributed by atoms with Crippen LogP contribution in [0.4, 0.5) is 0 Å². The molecule has 116 valence electrons. The number of nitrogens with zero attached hydrogens (tertiary/aromatic N) is 2. The van der Waals surface area contributed by atoms with E-state index < -0.39 is 6.10 Å². The maximum Gasteiger partial charge on any atom is 0.276 e. The zero-order valence-electron chi connectivity index (χ0n) is 12.6. The molecule has 1 aromatic carbocycles. The van der Waals surface area contributed by atoms with Crippen molar-refractivity contribution in [3.8, 4) is 0 Å². The number of rotatable bonds is 3. The van der Waals surface area contributed by atoms with Crippen LogP contribution in [-0.4, -0.2) is 40.1 Å². The van der Waals surface area contributed by atoms with Crippen molar-refractivity contribution in [2.24, 2.45) is 5.92 Å². The van der Waals surface area contributed by atoms with Crippen molar-refractivity contribution in [2.45, 2.75) is 25.9 Å². The molecule has 1 aliphatic rings. The largest absolute Gasteiger partial charge is 0.448 e. The fourth-order valence-electron chi connectivity index (χ4n) is 2.98. The number of amides is 1. The molecule has 2 atom stereocenters. The van der Waals surface area contributed by atoms with E-state index >= 15 is 0 Å². The molecule has 1 aliphatic heterocycles. The van der Waals surface area contributed by atoms with Crippen LogP contribution in [0.3, 0.4) is 0 Å². The number of aromatic nitrogens is 1. The third-order valence-electron chi connectivity index (χ3n) is 4.30. The molecule has 1 fully saturated rings. The number of piperidine rings is 1. The predicted molar refractivity (Wildman–Crippen MR) is 81.4 cm³/mol. The van der Waals surface area contributed by atoms with Crippen LogP contribution in [0.1, 0.15) is 28.2 Å². The Labute approximate surface area is 129 Å². The lowest BCUT2D eigenvalue weighted by Crippen LogP contribution is -2.47. The van der Waals surface area contributed by atoms with Gasteiger partial charge in [0.2, 0.25) is 0 Å². The monoisotopic (exact) mass is 300 g/mol. The lowest BCUT2D eigenvalue weighted by molar-refractivity contribution is 0.0194. The molecule has 5 nitrogen and oxygen atoms in total. The molecule has 2 aromatic rings. The van der Waals surface area contributed by atoms with Gasteiger partial charge in [0.1, 0.15) is 5.76 Å². The van der Waals surface area contributed by atoms with Gasteiger partial charge in [-0.2, -0.15) is 0 Å². The summed E-state index contributed by atoms with van der Waals surface area (Å²) in [4.78, 5) is 18.0. The van der Waals surface area contributed by atoms with Crippen molar-refractivity contribution in [3.05, 3.63) is 53.7 Å². The first kappa shape index (κ1) is 14.8. The van der Waals surface area contributed by atoms with Crippen molar-refractivity contribution in [1.82, 2.24) is 9.88 Å². The number of aliphatic hydroxyl groups excluding tert-OH is 1. The number of β-amino-alcohol motifs (C(OH)–C–C–N with tert-alkyl or cyclic N) is 1. The molecule has 5 heteroatoms. The van der Waals surface area contributed by atoms with Gasteiger partial charge in [-0.3, -0.25) is 4.79 Å². The smallest absolute Gasteiger partial charge is 0.276 e. The first-order valence-electron chi connectivity index (χ1n) is 7.56. The molecule has 1 saturated heterocycles. The molecule has 0 aliphatic carbocycles. The highest BCUT2D eigenvalue weighted by Crippen LogP contribution is 2.23. The van der Waals surface area contributed by atoms with Crippen molar-refractivity contribution in [3.63, 3.8) is 0 Å². The zero-order chi connectivity index (χ0) is 15.5. The van der Waals surface area contributed by atoms with Crippen molar-refractivity contribution in [2.75, 3.05) is 13.1 Å². The molecule has 1 N–H and O–H groups in total. The van der Waals surface area contributed by atoms with E-state index in [2.05, 4.69) is 17.1 Å². The van der Waals surface area contributed by atoms with Gasteiger partial charge in [0.05, 0.1) is 6.10 Å². The maximum absolute atomic E-state index is 12.4. The third kappa shape index (κ3) is 3.04. The Morgan fingerprint density at radius 2 is 2.18 bits per heavy atom. The van der Waals surface area contributed by atoms with Gasteiger partial charge in [0.25, 0.3) is 5.91 Å². The molecule has 2 heterocycles. The maximum atomic E-state index is 12.4. The van der Waals surface area contributed by atoms with Crippen molar-refractivity contribution < 1.29 is 14.3 Å². The van der Waals surface area contributed by atoms with Gasteiger partial charge in [-0.1, -0.05) is 30.3 Å². The van der Waals surface area contributed by atoms with Crippen LogP contribution in [-0.2, 0) is 6.42 Å². The number of aryl methyl sites for hydroxylation is 1. The van der Waals surface area contributed by atoms with Crippen LogP contribution in [0.2, 0.25) is 0 Å². The van der Waals surface area contributed by atoms with Crippen LogP contribution in [0.25, 0.3) is 0 Å². The highest BCUT2D eigenvalue weighted by atomic mass is 16.3. The van der Waals surface area contributed by atoms with Crippen LogP contribution in [0.15, 0.2) is 41.1 Å². The van der Waals surface area contributed by atoms with E-state index in [1.807, 2.05) is 18.2 Å². The van der Waals surface area contributed by atoms with Gasteiger partial charge in [0.15, 0.2) is 12.1 Å². The summed E-state index contributed by atoms with van der Waals surface area (Å²) >= 11 is 0. The molecule has 0 spiro atoms. The van der Waals surface area contributed by atoms with Gasteiger partial charge in [-0.25, -0.2) is 4.98 Å². The summed E-state index contributed by atoms with van der Waals surface area (Å²) in [5, 5.41) is 10.4. The summed E-state index contributed by atoms with van der Waals surface area (Å²) in [5.41, 5.74) is 1.56. The molecular formula is C17H20N2O3. The number of aliphatic hydroxyl groups is 1. The van der Waals surface area contributed by atoms with Crippen LogP contribution < -0.4 is 0 Å². The zero-order valence-corrected chi connectivity index (χ0v) is 12.6. The summed E-state index contributed by atoms with van der Waals surface area (Å²) < 4.78 is 5.08. The van der Waals surface area contributed by atoms with Crippen LogP contribution >= 0.6 is 0 Å². The average Bonchev–Trinajstić information content (AvgIpc) is 2.96. The second-order valence-electron chi connectivity index (χ2n) is 5.81. The molecule has 22 heavy (non-hydrogen) atoms. The van der Waals surface area contributed by atoms with Crippen LogP contribution in [0.5, 0.6) is 0 Å². The van der Waals surface area contributed by atoms with Gasteiger partial charge < -0.3 is 14.4 Å². The van der Waals surface area contributed by atoms with Gasteiger partial charge in [-0.15, -0.1) is 0 Å². The number of hydrogen-bond acceptors (Lipinski definition) is 4. The molecule has 0 unspecified atom stereocenters. The lowest BCUT2D eigenvalue weighted by Gasteiger charge is -2.35. The van der Waals surface area contributed by atoms with E-state index in [0.717, 1.165) is 12.8 Å². The molecular weight excluding hydrogens is 280 g/mol. The minimum Gasteiger partial charge on any atom is -0.448 e. The molecule has 0 bridgehead atoms. The van der Waals surface area contributed by atoms with Gasteiger partial charge in [0, 0.05) is 13.1 Å². The average molecular weight is 300 g/mol. The van der Waals surface area contributed by atoms with Crippen molar-refractivity contribution in [1.29, 1.82) is 0 Å². The number of benzene rings is 1. The first-order valence-corrected chi connectivity index (χ1v) is 7.56. The minimum absolute atomic E-state index is 0.163. The van der Waals surface area contributed by atoms with Crippen molar-refractivity contribution >= 4 is 5.91 Å².